The third-order valence-electron chi connectivity index (χ3n) is 5.12. The largest absolute Gasteiger partial charge is 0.508 e. The first-order valence-corrected chi connectivity index (χ1v) is 11.7. The Morgan fingerprint density at radius 2 is 1.78 bits per heavy atom. The minimum Gasteiger partial charge on any atom is -0.508 e. The Morgan fingerprint density at radius 1 is 1.00 bits per heavy atom. The van der Waals surface area contributed by atoms with Gasteiger partial charge in [0.15, 0.2) is 11.5 Å². The number of phenolic OH excluding ortho intramolecular Hbond substituents is 1. The highest BCUT2D eigenvalue weighted by Gasteiger charge is 2.36. The van der Waals surface area contributed by atoms with Crippen molar-refractivity contribution in [2.45, 2.75) is 45.4 Å². The summed E-state index contributed by atoms with van der Waals surface area (Å²) in [6.45, 7) is 2.84. The summed E-state index contributed by atoms with van der Waals surface area (Å²) >= 11 is 0.865. The van der Waals surface area contributed by atoms with Crippen molar-refractivity contribution < 1.29 is 24.2 Å². The molecule has 2 amide bonds. The SMILES string of the molecule is CCCCCCCCOc1ccc(/C=C2\SC(=O)N(c3cccc(O)c3)C2=O)cc1OC. The van der Waals surface area contributed by atoms with Gasteiger partial charge in [-0.3, -0.25) is 9.59 Å². The molecule has 1 N–H and O–H groups in total. The van der Waals surface area contributed by atoms with E-state index in [0.29, 0.717) is 28.7 Å². The van der Waals surface area contributed by atoms with Crippen LogP contribution in [-0.4, -0.2) is 30.0 Å². The van der Waals surface area contributed by atoms with Crippen LogP contribution in [0.5, 0.6) is 17.2 Å². The van der Waals surface area contributed by atoms with Crippen molar-refractivity contribution in [2.24, 2.45) is 0 Å². The Morgan fingerprint density at radius 3 is 2.53 bits per heavy atom. The smallest absolute Gasteiger partial charge is 0.298 e. The molecule has 3 rings (SSSR count). The number of carbonyl (C=O) groups excluding carboxylic acids is 2. The van der Waals surface area contributed by atoms with Gasteiger partial charge >= 0.3 is 0 Å². The van der Waals surface area contributed by atoms with Crippen molar-refractivity contribution in [1.29, 1.82) is 0 Å². The van der Waals surface area contributed by atoms with Crippen LogP contribution in [0.1, 0.15) is 51.0 Å². The van der Waals surface area contributed by atoms with Crippen molar-refractivity contribution in [2.75, 3.05) is 18.6 Å². The fourth-order valence-electron chi connectivity index (χ4n) is 3.43. The highest BCUT2D eigenvalue weighted by molar-refractivity contribution is 8.19. The van der Waals surface area contributed by atoms with Crippen molar-refractivity contribution in [3.05, 3.63) is 52.9 Å². The van der Waals surface area contributed by atoms with Crippen molar-refractivity contribution in [3.63, 3.8) is 0 Å². The summed E-state index contributed by atoms with van der Waals surface area (Å²) in [5.74, 6) is 0.808. The van der Waals surface area contributed by atoms with Gasteiger partial charge in [0.05, 0.1) is 24.3 Å². The fourth-order valence-corrected chi connectivity index (χ4v) is 4.27. The van der Waals surface area contributed by atoms with Crippen LogP contribution in [0.3, 0.4) is 0 Å². The van der Waals surface area contributed by atoms with Gasteiger partial charge < -0.3 is 14.6 Å². The number of thioether (sulfide) groups is 1. The molecule has 0 aliphatic carbocycles. The number of hydrogen-bond acceptors (Lipinski definition) is 6. The zero-order chi connectivity index (χ0) is 22.9. The predicted octanol–water partition coefficient (Wildman–Crippen LogP) is 6.38. The zero-order valence-corrected chi connectivity index (χ0v) is 19.3. The molecule has 170 valence electrons. The number of benzene rings is 2. The van der Waals surface area contributed by atoms with Crippen LogP contribution in [0.25, 0.3) is 6.08 Å². The molecular weight excluding hydrogens is 426 g/mol. The van der Waals surface area contributed by atoms with Crippen LogP contribution in [0, 0.1) is 0 Å². The summed E-state index contributed by atoms with van der Waals surface area (Å²) in [6.07, 6.45) is 8.82. The fraction of sp³-hybridized carbons (Fsp3) is 0.360. The highest BCUT2D eigenvalue weighted by atomic mass is 32.2. The van der Waals surface area contributed by atoms with Crippen LogP contribution >= 0.6 is 11.8 Å². The molecular formula is C25H29NO5S. The number of carbonyl (C=O) groups is 2. The molecule has 0 atom stereocenters. The van der Waals surface area contributed by atoms with Gasteiger partial charge in [-0.2, -0.15) is 0 Å². The van der Waals surface area contributed by atoms with E-state index in [9.17, 15) is 14.7 Å². The highest BCUT2D eigenvalue weighted by Crippen LogP contribution is 2.37. The molecule has 0 bridgehead atoms. The van der Waals surface area contributed by atoms with E-state index in [4.69, 9.17) is 9.47 Å². The summed E-state index contributed by atoms with van der Waals surface area (Å²) in [5.41, 5.74) is 1.07. The molecule has 6 nitrogen and oxygen atoms in total. The topological polar surface area (TPSA) is 76.1 Å². The van der Waals surface area contributed by atoms with Crippen LogP contribution in [-0.2, 0) is 4.79 Å². The van der Waals surface area contributed by atoms with Gasteiger partial charge in [0.1, 0.15) is 5.75 Å². The Bertz CT molecular complexity index is 988. The Kier molecular flexibility index (Phi) is 8.62. The van der Waals surface area contributed by atoms with Crippen molar-refractivity contribution in [3.8, 4) is 17.2 Å². The second-order valence-corrected chi connectivity index (χ2v) is 8.56. The van der Waals surface area contributed by atoms with E-state index in [1.165, 1.54) is 37.8 Å². The maximum absolute atomic E-state index is 12.8. The maximum atomic E-state index is 12.8. The molecule has 7 heteroatoms. The average Bonchev–Trinajstić information content (AvgIpc) is 3.06. The lowest BCUT2D eigenvalue weighted by atomic mass is 10.1. The first-order chi connectivity index (χ1) is 15.5. The summed E-state index contributed by atoms with van der Waals surface area (Å²) < 4.78 is 11.3. The second-order valence-electron chi connectivity index (χ2n) is 7.56. The van der Waals surface area contributed by atoms with E-state index in [1.807, 2.05) is 12.1 Å². The van der Waals surface area contributed by atoms with Gasteiger partial charge in [-0.25, -0.2) is 4.90 Å². The first-order valence-electron chi connectivity index (χ1n) is 10.9. The molecule has 2 aromatic carbocycles. The van der Waals surface area contributed by atoms with Crippen molar-refractivity contribution in [1.82, 2.24) is 0 Å². The predicted molar refractivity (Wildman–Crippen MR) is 128 cm³/mol. The molecule has 1 saturated heterocycles. The van der Waals surface area contributed by atoms with Crippen LogP contribution < -0.4 is 14.4 Å². The van der Waals surface area contributed by atoms with Gasteiger partial charge in [-0.15, -0.1) is 0 Å². The van der Waals surface area contributed by atoms with Gasteiger partial charge in [0.25, 0.3) is 11.1 Å². The molecule has 1 heterocycles. The number of rotatable bonds is 11. The average molecular weight is 456 g/mol. The first kappa shape index (κ1) is 23.7. The third kappa shape index (κ3) is 6.07. The summed E-state index contributed by atoms with van der Waals surface area (Å²) in [5, 5.41) is 9.26. The lowest BCUT2D eigenvalue weighted by molar-refractivity contribution is -0.113. The number of anilines is 1. The third-order valence-corrected chi connectivity index (χ3v) is 5.99. The number of ether oxygens (including phenoxy) is 2. The molecule has 2 aromatic rings. The van der Waals surface area contributed by atoms with E-state index >= 15 is 0 Å². The summed E-state index contributed by atoms with van der Waals surface area (Å²) in [7, 11) is 1.58. The minimum atomic E-state index is -0.423. The summed E-state index contributed by atoms with van der Waals surface area (Å²) in [4.78, 5) is 26.6. The Balaban J connectivity index is 1.65. The van der Waals surface area contributed by atoms with Crippen LogP contribution in [0.4, 0.5) is 10.5 Å². The van der Waals surface area contributed by atoms with Crippen molar-refractivity contribution >= 4 is 34.7 Å². The Hall–Kier alpha value is -2.93. The van der Waals surface area contributed by atoms with E-state index in [1.54, 1.807) is 31.4 Å². The van der Waals surface area contributed by atoms with Gasteiger partial charge in [-0.1, -0.05) is 51.2 Å². The summed E-state index contributed by atoms with van der Waals surface area (Å²) in [6, 6.07) is 11.5. The molecule has 0 spiro atoms. The lowest BCUT2D eigenvalue weighted by Crippen LogP contribution is -2.27. The zero-order valence-electron chi connectivity index (χ0n) is 18.5. The number of phenols is 1. The number of nitrogens with zero attached hydrogens (tertiary/aromatic N) is 1. The van der Waals surface area contributed by atoms with E-state index in [2.05, 4.69) is 6.92 Å². The Labute approximate surface area is 193 Å². The van der Waals surface area contributed by atoms with E-state index < -0.39 is 11.1 Å². The van der Waals surface area contributed by atoms with Crippen LogP contribution in [0.2, 0.25) is 0 Å². The minimum absolute atomic E-state index is 0.00758. The molecule has 0 saturated carbocycles. The van der Waals surface area contributed by atoms with E-state index in [0.717, 1.165) is 35.1 Å². The molecule has 32 heavy (non-hydrogen) atoms. The number of unbranched alkanes of at least 4 members (excludes halogenated alkanes) is 5. The molecule has 0 radical (unpaired) electrons. The maximum Gasteiger partial charge on any atom is 0.298 e. The molecule has 0 aromatic heterocycles. The standard InChI is InChI=1S/C25H29NO5S/c1-3-4-5-6-7-8-14-31-21-13-12-18(15-22(21)30-2)16-23-24(28)26(25(29)32-23)19-10-9-11-20(27)17-19/h9-13,15-17,27H,3-8,14H2,1-2H3/b23-16-. The number of methoxy groups -OCH3 is 1. The number of aromatic hydroxyl groups is 1. The molecule has 1 aliphatic rings. The molecule has 0 unspecified atom stereocenters. The molecule has 1 aliphatic heterocycles. The van der Waals surface area contributed by atoms with Gasteiger partial charge in [-0.05, 0) is 54.1 Å². The normalized spacial score (nSPS) is 14.9. The quantitative estimate of drug-likeness (QED) is 0.313. The van der Waals surface area contributed by atoms with E-state index in [-0.39, 0.29) is 5.75 Å². The number of hydrogen-bond donors (Lipinski definition) is 1. The van der Waals surface area contributed by atoms with Crippen LogP contribution in [0.15, 0.2) is 47.4 Å². The number of imide groups is 1. The second kappa shape index (κ2) is 11.6. The van der Waals surface area contributed by atoms with Gasteiger partial charge in [0.2, 0.25) is 0 Å². The molecule has 1 fully saturated rings. The monoisotopic (exact) mass is 455 g/mol. The van der Waals surface area contributed by atoms with Gasteiger partial charge in [0, 0.05) is 6.07 Å². The number of amides is 2. The lowest BCUT2D eigenvalue weighted by Gasteiger charge is -2.12.